The van der Waals surface area contributed by atoms with Gasteiger partial charge in [0.2, 0.25) is 0 Å². The molecule has 0 saturated carbocycles. The summed E-state index contributed by atoms with van der Waals surface area (Å²) in [6.45, 7) is 10.1. The van der Waals surface area contributed by atoms with Gasteiger partial charge in [-0.1, -0.05) is 29.4 Å². The number of hydrogen-bond donors (Lipinski definition) is 0. The van der Waals surface area contributed by atoms with Gasteiger partial charge in [-0.05, 0) is 40.0 Å². The predicted molar refractivity (Wildman–Crippen MR) is 57.2 cm³/mol. The van der Waals surface area contributed by atoms with E-state index in [0.29, 0.717) is 0 Å². The first kappa shape index (κ1) is 11.2. The Morgan fingerprint density at radius 3 is 2.25 bits per heavy atom. The highest BCUT2D eigenvalue weighted by atomic mass is 13.9. The lowest BCUT2D eigenvalue weighted by atomic mass is 10.1. The van der Waals surface area contributed by atoms with Crippen LogP contribution in [0.1, 0.15) is 40.0 Å². The van der Waals surface area contributed by atoms with Crippen molar-refractivity contribution in [2.75, 3.05) is 0 Å². The molecule has 0 aliphatic heterocycles. The van der Waals surface area contributed by atoms with Crippen LogP contribution in [0.25, 0.3) is 0 Å². The molecule has 0 amide bonds. The van der Waals surface area contributed by atoms with Crippen LogP contribution in [0.4, 0.5) is 0 Å². The minimum Gasteiger partial charge on any atom is -0.103 e. The van der Waals surface area contributed by atoms with Gasteiger partial charge in [-0.3, -0.25) is 0 Å². The second-order valence-electron chi connectivity index (χ2n) is 3.40. The van der Waals surface area contributed by atoms with Gasteiger partial charge in [0, 0.05) is 0 Å². The second-order valence-corrected chi connectivity index (χ2v) is 3.40. The van der Waals surface area contributed by atoms with Crippen molar-refractivity contribution in [2.45, 2.75) is 40.0 Å². The molecule has 0 aliphatic rings. The van der Waals surface area contributed by atoms with E-state index in [4.69, 9.17) is 0 Å². The second kappa shape index (κ2) is 6.90. The quantitative estimate of drug-likeness (QED) is 0.421. The van der Waals surface area contributed by atoms with E-state index in [9.17, 15) is 0 Å². The highest BCUT2D eigenvalue weighted by molar-refractivity contribution is 5.07. The Morgan fingerprint density at radius 2 is 1.75 bits per heavy atom. The Kier molecular flexibility index (Phi) is 6.45. The molecule has 0 atom stereocenters. The molecule has 0 rings (SSSR count). The van der Waals surface area contributed by atoms with Gasteiger partial charge in [0.25, 0.3) is 0 Å². The van der Waals surface area contributed by atoms with Gasteiger partial charge in [0.05, 0.1) is 0 Å². The molecule has 0 heteroatoms. The third kappa shape index (κ3) is 7.33. The first-order valence-corrected chi connectivity index (χ1v) is 4.56. The van der Waals surface area contributed by atoms with Crippen molar-refractivity contribution >= 4 is 0 Å². The molecular weight excluding hydrogens is 144 g/mol. The average molecular weight is 164 g/mol. The standard InChI is InChI=1S/C12H20/c1-5-6-7-8-12(4)10-9-11(2)3/h5,8-9H,1,6-7,10H2,2-4H3/b12-8+. The SMILES string of the molecule is C=CCC/C=C(\C)CC=C(C)C. The van der Waals surface area contributed by atoms with E-state index in [1.54, 1.807) is 0 Å². The Balaban J connectivity index is 3.70. The molecule has 0 N–H and O–H groups in total. The molecule has 0 unspecified atom stereocenters. The van der Waals surface area contributed by atoms with Gasteiger partial charge in [-0.15, -0.1) is 6.58 Å². The lowest BCUT2D eigenvalue weighted by Gasteiger charge is -1.96. The summed E-state index contributed by atoms with van der Waals surface area (Å²) in [5.74, 6) is 0. The molecule has 12 heavy (non-hydrogen) atoms. The number of unbranched alkanes of at least 4 members (excludes halogenated alkanes) is 1. The smallest absolute Gasteiger partial charge is 0.0139 e. The summed E-state index contributed by atoms with van der Waals surface area (Å²) < 4.78 is 0. The lowest BCUT2D eigenvalue weighted by Crippen LogP contribution is -1.75. The highest BCUT2D eigenvalue weighted by Crippen LogP contribution is 2.06. The number of rotatable bonds is 5. The Morgan fingerprint density at radius 1 is 1.08 bits per heavy atom. The van der Waals surface area contributed by atoms with E-state index in [-0.39, 0.29) is 0 Å². The highest BCUT2D eigenvalue weighted by Gasteiger charge is 1.85. The molecule has 0 radical (unpaired) electrons. The normalized spacial score (nSPS) is 11.1. The van der Waals surface area contributed by atoms with Crippen molar-refractivity contribution in [2.24, 2.45) is 0 Å². The van der Waals surface area contributed by atoms with Crippen LogP contribution in [0.3, 0.4) is 0 Å². The van der Waals surface area contributed by atoms with Crippen LogP contribution in [0.2, 0.25) is 0 Å². The monoisotopic (exact) mass is 164 g/mol. The van der Waals surface area contributed by atoms with Gasteiger partial charge >= 0.3 is 0 Å². The lowest BCUT2D eigenvalue weighted by molar-refractivity contribution is 1.02. The maximum atomic E-state index is 3.69. The third-order valence-electron chi connectivity index (χ3n) is 1.70. The summed E-state index contributed by atoms with van der Waals surface area (Å²) in [5.41, 5.74) is 2.85. The van der Waals surface area contributed by atoms with E-state index in [2.05, 4.69) is 39.5 Å². The van der Waals surface area contributed by atoms with Crippen LogP contribution < -0.4 is 0 Å². The minimum atomic E-state index is 1.09. The van der Waals surface area contributed by atoms with Crippen LogP contribution in [0.15, 0.2) is 36.0 Å². The summed E-state index contributed by atoms with van der Waals surface area (Å²) in [5, 5.41) is 0. The van der Waals surface area contributed by atoms with E-state index in [1.807, 2.05) is 6.08 Å². The molecule has 0 saturated heterocycles. The number of hydrogen-bond acceptors (Lipinski definition) is 0. The van der Waals surface area contributed by atoms with Crippen molar-refractivity contribution in [3.63, 3.8) is 0 Å². The molecule has 0 aliphatic carbocycles. The predicted octanol–water partition coefficient (Wildman–Crippen LogP) is 4.26. The van der Waals surface area contributed by atoms with Crippen LogP contribution in [0.5, 0.6) is 0 Å². The zero-order valence-corrected chi connectivity index (χ0v) is 8.56. The molecule has 0 bridgehead atoms. The van der Waals surface area contributed by atoms with Gasteiger partial charge in [-0.2, -0.15) is 0 Å². The first-order valence-electron chi connectivity index (χ1n) is 4.56. The van der Waals surface area contributed by atoms with Crippen molar-refractivity contribution in [1.82, 2.24) is 0 Å². The van der Waals surface area contributed by atoms with Crippen LogP contribution in [-0.4, -0.2) is 0 Å². The summed E-state index contributed by atoms with van der Waals surface area (Å²) in [6.07, 6.45) is 9.84. The maximum absolute atomic E-state index is 3.69. The van der Waals surface area contributed by atoms with Crippen molar-refractivity contribution < 1.29 is 0 Å². The maximum Gasteiger partial charge on any atom is -0.0139 e. The molecule has 0 aromatic carbocycles. The molecule has 0 fully saturated rings. The molecule has 68 valence electrons. The molecular formula is C12H20. The van der Waals surface area contributed by atoms with Crippen LogP contribution in [0, 0.1) is 0 Å². The fourth-order valence-electron chi connectivity index (χ4n) is 0.896. The van der Waals surface area contributed by atoms with Crippen molar-refractivity contribution in [3.05, 3.63) is 36.0 Å². The largest absolute Gasteiger partial charge is 0.103 e. The van der Waals surface area contributed by atoms with Gasteiger partial charge < -0.3 is 0 Å². The van der Waals surface area contributed by atoms with Gasteiger partial charge in [0.15, 0.2) is 0 Å². The minimum absolute atomic E-state index is 1.09. The molecule has 0 aromatic rings. The Hall–Kier alpha value is -0.780. The third-order valence-corrected chi connectivity index (χ3v) is 1.70. The fourth-order valence-corrected chi connectivity index (χ4v) is 0.896. The molecule has 0 heterocycles. The zero-order valence-electron chi connectivity index (χ0n) is 8.56. The summed E-state index contributed by atoms with van der Waals surface area (Å²) in [6, 6.07) is 0. The topological polar surface area (TPSA) is 0 Å². The zero-order chi connectivity index (χ0) is 9.40. The summed E-state index contributed by atoms with van der Waals surface area (Å²) in [4.78, 5) is 0. The summed E-state index contributed by atoms with van der Waals surface area (Å²) >= 11 is 0. The van der Waals surface area contributed by atoms with Crippen LogP contribution >= 0.6 is 0 Å². The fraction of sp³-hybridized carbons (Fsp3) is 0.500. The average Bonchev–Trinajstić information content (AvgIpc) is 2.01. The van der Waals surface area contributed by atoms with E-state index in [1.165, 1.54) is 11.1 Å². The number of allylic oxidation sites excluding steroid dienone is 5. The summed E-state index contributed by atoms with van der Waals surface area (Å²) in [7, 11) is 0. The van der Waals surface area contributed by atoms with Crippen molar-refractivity contribution in [1.29, 1.82) is 0 Å². The Labute approximate surface area is 76.7 Å². The van der Waals surface area contributed by atoms with Crippen LogP contribution in [-0.2, 0) is 0 Å². The van der Waals surface area contributed by atoms with E-state index >= 15 is 0 Å². The van der Waals surface area contributed by atoms with E-state index < -0.39 is 0 Å². The first-order chi connectivity index (χ1) is 5.66. The van der Waals surface area contributed by atoms with Gasteiger partial charge in [0.1, 0.15) is 0 Å². The van der Waals surface area contributed by atoms with E-state index in [0.717, 1.165) is 19.3 Å². The Bertz CT molecular complexity index is 178. The molecule has 0 nitrogen and oxygen atoms in total. The van der Waals surface area contributed by atoms with Crippen molar-refractivity contribution in [3.8, 4) is 0 Å². The van der Waals surface area contributed by atoms with Gasteiger partial charge in [-0.25, -0.2) is 0 Å². The molecule has 0 spiro atoms. The molecule has 0 aromatic heterocycles.